The van der Waals surface area contributed by atoms with Crippen LogP contribution in [-0.4, -0.2) is 16.9 Å². The van der Waals surface area contributed by atoms with E-state index in [1.165, 1.54) is 12.1 Å². The van der Waals surface area contributed by atoms with Crippen molar-refractivity contribution in [1.29, 1.82) is 0 Å². The zero-order valence-corrected chi connectivity index (χ0v) is 6.77. The zero-order chi connectivity index (χ0) is 9.84. The highest BCUT2D eigenvalue weighted by atomic mass is 16.4. The molecule has 5 heteroatoms. The van der Waals surface area contributed by atoms with E-state index in [-0.39, 0.29) is 11.4 Å². The summed E-state index contributed by atoms with van der Waals surface area (Å²) in [6.07, 6.45) is 0. The molecule has 0 amide bonds. The number of hydrogen-bond acceptors (Lipinski definition) is 3. The summed E-state index contributed by atoms with van der Waals surface area (Å²) >= 11 is 0. The van der Waals surface area contributed by atoms with E-state index in [0.717, 1.165) is 0 Å². The zero-order valence-electron chi connectivity index (χ0n) is 6.77. The highest BCUT2D eigenvalue weighted by Gasteiger charge is 2.04. The molecule has 5 nitrogen and oxygen atoms in total. The summed E-state index contributed by atoms with van der Waals surface area (Å²) < 4.78 is 0. The predicted molar refractivity (Wildman–Crippen MR) is 48.3 cm³/mol. The number of carbonyl (C=O) groups is 1. The minimum absolute atomic E-state index is 0.114. The highest BCUT2D eigenvalue weighted by Crippen LogP contribution is 2.04. The van der Waals surface area contributed by atoms with Crippen LogP contribution in [0.15, 0.2) is 29.4 Å². The van der Waals surface area contributed by atoms with Gasteiger partial charge in [-0.15, -0.1) is 0 Å². The van der Waals surface area contributed by atoms with Crippen molar-refractivity contribution in [3.8, 4) is 0 Å². The molecule has 0 unspecified atom stereocenters. The van der Waals surface area contributed by atoms with E-state index in [9.17, 15) is 4.79 Å². The first-order valence-electron chi connectivity index (χ1n) is 3.52. The van der Waals surface area contributed by atoms with Crippen LogP contribution in [-0.2, 0) is 0 Å². The summed E-state index contributed by atoms with van der Waals surface area (Å²) in [5, 5.41) is 11.9. The second-order valence-electron chi connectivity index (χ2n) is 2.40. The summed E-state index contributed by atoms with van der Waals surface area (Å²) in [5.41, 5.74) is 6.05. The number of hydrogen-bond donors (Lipinski definition) is 3. The smallest absolute Gasteiger partial charge is 0.335 e. The van der Waals surface area contributed by atoms with Crippen LogP contribution in [0.25, 0.3) is 0 Å². The maximum Gasteiger partial charge on any atom is 0.335 e. The lowest BCUT2D eigenvalue weighted by atomic mass is 10.1. The lowest BCUT2D eigenvalue weighted by Gasteiger charge is -1.99. The molecule has 0 bridgehead atoms. The topological polar surface area (TPSA) is 102 Å². The van der Waals surface area contributed by atoms with Crippen LogP contribution in [0.4, 0.5) is 0 Å². The minimum Gasteiger partial charge on any atom is -0.478 e. The Bertz CT molecular complexity index is 360. The number of carboxylic acids is 1. The summed E-state index contributed by atoms with van der Waals surface area (Å²) in [6.45, 7) is 0. The van der Waals surface area contributed by atoms with Crippen LogP contribution in [0.5, 0.6) is 0 Å². The van der Waals surface area contributed by atoms with E-state index in [4.69, 9.17) is 16.7 Å². The fourth-order valence-corrected chi connectivity index (χ4v) is 0.886. The first kappa shape index (κ1) is 9.05. The lowest BCUT2D eigenvalue weighted by molar-refractivity contribution is 0.0697. The second kappa shape index (κ2) is 3.57. The summed E-state index contributed by atoms with van der Waals surface area (Å²) in [6, 6.07) is 6.10. The minimum atomic E-state index is -1.01. The lowest BCUT2D eigenvalue weighted by Crippen LogP contribution is -2.16. The molecule has 13 heavy (non-hydrogen) atoms. The van der Waals surface area contributed by atoms with Crippen molar-refractivity contribution in [1.82, 2.24) is 0 Å². The molecule has 5 N–H and O–H groups in total. The van der Waals surface area contributed by atoms with Gasteiger partial charge in [0.05, 0.1) is 5.56 Å². The number of nitrogens with two attached hydrogens (primary N) is 2. The fraction of sp³-hybridized carbons (Fsp3) is 0. The third-order valence-corrected chi connectivity index (χ3v) is 1.54. The van der Waals surface area contributed by atoms with E-state index in [0.29, 0.717) is 5.56 Å². The first-order valence-corrected chi connectivity index (χ1v) is 3.52. The molecular formula is C8H9N3O2. The number of amidine groups is 1. The normalized spacial score (nSPS) is 11.2. The van der Waals surface area contributed by atoms with E-state index < -0.39 is 5.97 Å². The number of nitrogens with zero attached hydrogens (tertiary/aromatic N) is 1. The molecule has 68 valence electrons. The molecule has 0 aromatic heterocycles. The second-order valence-corrected chi connectivity index (χ2v) is 2.40. The van der Waals surface area contributed by atoms with Crippen LogP contribution in [0.1, 0.15) is 15.9 Å². The quantitative estimate of drug-likeness (QED) is 0.256. The van der Waals surface area contributed by atoms with Crippen molar-refractivity contribution >= 4 is 11.8 Å². The van der Waals surface area contributed by atoms with Gasteiger partial charge in [-0.25, -0.2) is 4.79 Å². The average molecular weight is 179 g/mol. The van der Waals surface area contributed by atoms with Crippen molar-refractivity contribution in [2.75, 3.05) is 0 Å². The molecule has 1 aromatic carbocycles. The monoisotopic (exact) mass is 179 g/mol. The van der Waals surface area contributed by atoms with E-state index in [1.807, 2.05) is 0 Å². The van der Waals surface area contributed by atoms with E-state index in [1.54, 1.807) is 12.1 Å². The van der Waals surface area contributed by atoms with Gasteiger partial charge in [0.1, 0.15) is 5.84 Å². The van der Waals surface area contributed by atoms with Crippen molar-refractivity contribution < 1.29 is 9.90 Å². The third-order valence-electron chi connectivity index (χ3n) is 1.54. The predicted octanol–water partition coefficient (Wildman–Crippen LogP) is -0.0362. The number of hydrazone groups is 1. The summed E-state index contributed by atoms with van der Waals surface area (Å²) in [4.78, 5) is 10.6. The first-order chi connectivity index (χ1) is 6.15. The summed E-state index contributed by atoms with van der Waals surface area (Å²) in [5.74, 6) is 4.05. The van der Waals surface area contributed by atoms with Gasteiger partial charge in [-0.3, -0.25) is 0 Å². The maximum atomic E-state index is 10.6. The molecule has 0 atom stereocenters. The molecule has 0 aliphatic carbocycles. The fourth-order valence-electron chi connectivity index (χ4n) is 0.886. The van der Waals surface area contributed by atoms with Gasteiger partial charge >= 0.3 is 5.97 Å². The van der Waals surface area contributed by atoms with Gasteiger partial charge in [0.25, 0.3) is 0 Å². The average Bonchev–Trinajstić information content (AvgIpc) is 2.17. The molecule has 0 saturated heterocycles. The Morgan fingerprint density at radius 2 is 2.00 bits per heavy atom. The Balaban J connectivity index is 3.13. The largest absolute Gasteiger partial charge is 0.478 e. The number of aromatic carboxylic acids is 1. The number of carboxylic acid groups (broad SMARTS) is 1. The van der Waals surface area contributed by atoms with E-state index in [2.05, 4.69) is 5.10 Å². The standard InChI is InChI=1S/C8H9N3O2/c9-7(11-10)5-2-1-3-6(4-5)8(12)13/h1-4H,10H2,(H2,9,11)(H,12,13). The molecule has 0 saturated carbocycles. The molecule has 0 aliphatic rings. The molecule has 0 spiro atoms. The van der Waals surface area contributed by atoms with Gasteiger partial charge in [-0.05, 0) is 12.1 Å². The Hall–Kier alpha value is -2.04. The number of benzene rings is 1. The van der Waals surface area contributed by atoms with Crippen LogP contribution < -0.4 is 11.6 Å². The molecule has 0 fully saturated rings. The highest BCUT2D eigenvalue weighted by molar-refractivity contribution is 5.99. The van der Waals surface area contributed by atoms with Crippen LogP contribution in [0.2, 0.25) is 0 Å². The van der Waals surface area contributed by atoms with Crippen molar-refractivity contribution in [2.45, 2.75) is 0 Å². The van der Waals surface area contributed by atoms with E-state index >= 15 is 0 Å². The van der Waals surface area contributed by atoms with Crippen LogP contribution in [0, 0.1) is 0 Å². The van der Waals surface area contributed by atoms with Crippen molar-refractivity contribution in [2.24, 2.45) is 16.7 Å². The molecule has 1 rings (SSSR count). The van der Waals surface area contributed by atoms with Gasteiger partial charge in [-0.1, -0.05) is 12.1 Å². The van der Waals surface area contributed by atoms with Gasteiger partial charge in [0.15, 0.2) is 0 Å². The molecule has 0 heterocycles. The molecular weight excluding hydrogens is 170 g/mol. The maximum absolute atomic E-state index is 10.6. The van der Waals surface area contributed by atoms with Crippen LogP contribution >= 0.6 is 0 Å². The number of rotatable bonds is 2. The third kappa shape index (κ3) is 1.96. The van der Waals surface area contributed by atoms with Gasteiger partial charge in [0, 0.05) is 5.56 Å². The van der Waals surface area contributed by atoms with Crippen molar-refractivity contribution in [3.63, 3.8) is 0 Å². The van der Waals surface area contributed by atoms with Crippen molar-refractivity contribution in [3.05, 3.63) is 35.4 Å². The molecule has 1 aromatic rings. The molecule has 0 radical (unpaired) electrons. The Labute approximate surface area is 74.7 Å². The Morgan fingerprint density at radius 1 is 1.38 bits per heavy atom. The SMILES string of the molecule is N/N=C(\N)c1cccc(C(=O)O)c1. The Kier molecular flexibility index (Phi) is 2.49. The van der Waals surface area contributed by atoms with Gasteiger partial charge in [-0.2, -0.15) is 5.10 Å². The Morgan fingerprint density at radius 3 is 2.54 bits per heavy atom. The van der Waals surface area contributed by atoms with Gasteiger partial charge < -0.3 is 16.7 Å². The van der Waals surface area contributed by atoms with Gasteiger partial charge in [0.2, 0.25) is 0 Å². The van der Waals surface area contributed by atoms with Crippen LogP contribution in [0.3, 0.4) is 0 Å². The molecule has 0 aliphatic heterocycles. The summed E-state index contributed by atoms with van der Waals surface area (Å²) in [7, 11) is 0.